The second-order valence-electron chi connectivity index (χ2n) is 3.55. The third-order valence-electron chi connectivity index (χ3n) is 2.23. The van der Waals surface area contributed by atoms with E-state index in [4.69, 9.17) is 4.74 Å². The third kappa shape index (κ3) is 4.05. The van der Waals surface area contributed by atoms with Gasteiger partial charge in [0.05, 0.1) is 18.2 Å². The number of rotatable bonds is 5. The fourth-order valence-corrected chi connectivity index (χ4v) is 1.33. The molecule has 0 heterocycles. The molecule has 1 rings (SSSR count). The third-order valence-corrected chi connectivity index (χ3v) is 2.23. The molecule has 4 heteroatoms. The predicted octanol–water partition coefficient (Wildman–Crippen LogP) is 2.60. The van der Waals surface area contributed by atoms with Crippen molar-refractivity contribution in [3.05, 3.63) is 47.5 Å². The molecule has 0 saturated heterocycles. The van der Waals surface area contributed by atoms with Gasteiger partial charge in [0.2, 0.25) is 0 Å². The SMILES string of the molecule is CC/C=C/COC(=O)c1cccc(C(=O)OC)c1. The van der Waals surface area contributed by atoms with Gasteiger partial charge in [0.25, 0.3) is 0 Å². The Hall–Kier alpha value is -2.10. The van der Waals surface area contributed by atoms with Crippen molar-refractivity contribution in [3.8, 4) is 0 Å². The maximum atomic E-state index is 11.7. The second-order valence-corrected chi connectivity index (χ2v) is 3.55. The van der Waals surface area contributed by atoms with E-state index < -0.39 is 11.9 Å². The van der Waals surface area contributed by atoms with Crippen LogP contribution in [-0.2, 0) is 9.47 Å². The zero-order valence-electron chi connectivity index (χ0n) is 10.5. The normalized spacial score (nSPS) is 10.3. The average Bonchev–Trinajstić information content (AvgIpc) is 2.42. The van der Waals surface area contributed by atoms with Crippen LogP contribution in [-0.4, -0.2) is 25.7 Å². The quantitative estimate of drug-likeness (QED) is 0.593. The summed E-state index contributed by atoms with van der Waals surface area (Å²) in [4.78, 5) is 23.0. The first-order valence-corrected chi connectivity index (χ1v) is 5.69. The topological polar surface area (TPSA) is 52.6 Å². The Morgan fingerprint density at radius 2 is 1.83 bits per heavy atom. The fraction of sp³-hybridized carbons (Fsp3) is 0.286. The number of allylic oxidation sites excluding steroid dienone is 1. The van der Waals surface area contributed by atoms with Gasteiger partial charge >= 0.3 is 11.9 Å². The van der Waals surface area contributed by atoms with Gasteiger partial charge in [-0.1, -0.05) is 25.1 Å². The molecule has 1 aromatic carbocycles. The summed E-state index contributed by atoms with van der Waals surface area (Å²) in [5, 5.41) is 0. The maximum Gasteiger partial charge on any atom is 0.338 e. The van der Waals surface area contributed by atoms with Crippen LogP contribution < -0.4 is 0 Å². The van der Waals surface area contributed by atoms with Gasteiger partial charge in [0.1, 0.15) is 6.61 Å². The lowest BCUT2D eigenvalue weighted by molar-refractivity contribution is 0.0549. The molecule has 18 heavy (non-hydrogen) atoms. The van der Waals surface area contributed by atoms with Crippen molar-refractivity contribution in [2.24, 2.45) is 0 Å². The van der Waals surface area contributed by atoms with Gasteiger partial charge in [0, 0.05) is 0 Å². The van der Waals surface area contributed by atoms with Crippen molar-refractivity contribution < 1.29 is 19.1 Å². The van der Waals surface area contributed by atoms with Crippen LogP contribution in [0.3, 0.4) is 0 Å². The molecule has 0 unspecified atom stereocenters. The van der Waals surface area contributed by atoms with E-state index in [0.29, 0.717) is 11.1 Å². The lowest BCUT2D eigenvalue weighted by Crippen LogP contribution is -2.08. The number of carbonyl (C=O) groups is 2. The number of esters is 2. The molecule has 0 bridgehead atoms. The highest BCUT2D eigenvalue weighted by molar-refractivity contribution is 5.95. The zero-order chi connectivity index (χ0) is 13.4. The largest absolute Gasteiger partial charge is 0.465 e. The van der Waals surface area contributed by atoms with Crippen LogP contribution in [0.1, 0.15) is 34.1 Å². The van der Waals surface area contributed by atoms with Crippen LogP contribution in [0.5, 0.6) is 0 Å². The molecule has 0 aliphatic carbocycles. The first kappa shape index (κ1) is 14.0. The molecule has 0 aliphatic heterocycles. The highest BCUT2D eigenvalue weighted by atomic mass is 16.5. The van der Waals surface area contributed by atoms with E-state index in [1.807, 2.05) is 13.0 Å². The van der Waals surface area contributed by atoms with Gasteiger partial charge in [-0.25, -0.2) is 9.59 Å². The Bertz CT molecular complexity index is 449. The van der Waals surface area contributed by atoms with Gasteiger partial charge in [-0.05, 0) is 24.6 Å². The number of carbonyl (C=O) groups excluding carboxylic acids is 2. The van der Waals surface area contributed by atoms with Crippen molar-refractivity contribution in [1.29, 1.82) is 0 Å². The molecule has 0 spiro atoms. The minimum Gasteiger partial charge on any atom is -0.465 e. The summed E-state index contributed by atoms with van der Waals surface area (Å²) in [7, 11) is 1.29. The Balaban J connectivity index is 2.68. The van der Waals surface area contributed by atoms with Gasteiger partial charge in [-0.2, -0.15) is 0 Å². The average molecular weight is 248 g/mol. The van der Waals surface area contributed by atoms with Crippen molar-refractivity contribution in [3.63, 3.8) is 0 Å². The summed E-state index contributed by atoms with van der Waals surface area (Å²) in [6.07, 6.45) is 4.59. The van der Waals surface area contributed by atoms with Crippen molar-refractivity contribution in [2.75, 3.05) is 13.7 Å². The second kappa shape index (κ2) is 7.27. The Kier molecular flexibility index (Phi) is 5.64. The number of hydrogen-bond donors (Lipinski definition) is 0. The Labute approximate surface area is 106 Å². The van der Waals surface area contributed by atoms with Crippen molar-refractivity contribution in [1.82, 2.24) is 0 Å². The van der Waals surface area contributed by atoms with Crippen LogP contribution in [0, 0.1) is 0 Å². The van der Waals surface area contributed by atoms with E-state index in [1.54, 1.807) is 24.3 Å². The molecule has 0 aromatic heterocycles. The highest BCUT2D eigenvalue weighted by Gasteiger charge is 2.10. The summed E-state index contributed by atoms with van der Waals surface area (Å²) in [5.74, 6) is -0.933. The molecule has 4 nitrogen and oxygen atoms in total. The van der Waals surface area contributed by atoms with Gasteiger partial charge in [-0.3, -0.25) is 0 Å². The lowest BCUT2D eigenvalue weighted by atomic mass is 10.1. The van der Waals surface area contributed by atoms with E-state index in [1.165, 1.54) is 13.2 Å². The smallest absolute Gasteiger partial charge is 0.338 e. The van der Waals surface area contributed by atoms with Crippen molar-refractivity contribution >= 4 is 11.9 Å². The van der Waals surface area contributed by atoms with Crippen LogP contribution in [0.4, 0.5) is 0 Å². The van der Waals surface area contributed by atoms with E-state index in [2.05, 4.69) is 4.74 Å². The Morgan fingerprint density at radius 1 is 1.17 bits per heavy atom. The number of benzene rings is 1. The van der Waals surface area contributed by atoms with E-state index >= 15 is 0 Å². The molecule has 1 aromatic rings. The molecular formula is C14H16O4. The summed E-state index contributed by atoms with van der Waals surface area (Å²) < 4.78 is 9.60. The minimum absolute atomic E-state index is 0.231. The van der Waals surface area contributed by atoms with E-state index in [9.17, 15) is 9.59 Å². The Morgan fingerprint density at radius 3 is 2.44 bits per heavy atom. The van der Waals surface area contributed by atoms with Crippen LogP contribution >= 0.6 is 0 Å². The van der Waals surface area contributed by atoms with Crippen LogP contribution in [0.2, 0.25) is 0 Å². The number of methoxy groups -OCH3 is 1. The molecule has 0 fully saturated rings. The molecule has 0 radical (unpaired) electrons. The number of ether oxygens (including phenoxy) is 2. The van der Waals surface area contributed by atoms with Gasteiger partial charge in [-0.15, -0.1) is 0 Å². The molecule has 0 saturated carbocycles. The predicted molar refractivity (Wildman–Crippen MR) is 67.5 cm³/mol. The van der Waals surface area contributed by atoms with E-state index in [0.717, 1.165) is 6.42 Å². The first-order valence-electron chi connectivity index (χ1n) is 5.69. The monoisotopic (exact) mass is 248 g/mol. The number of hydrogen-bond acceptors (Lipinski definition) is 4. The molecule has 0 atom stereocenters. The molecular weight excluding hydrogens is 232 g/mol. The minimum atomic E-state index is -0.476. The highest BCUT2D eigenvalue weighted by Crippen LogP contribution is 2.08. The summed E-state index contributed by atoms with van der Waals surface area (Å²) in [6, 6.07) is 6.25. The maximum absolute atomic E-state index is 11.7. The van der Waals surface area contributed by atoms with Crippen LogP contribution in [0.25, 0.3) is 0 Å². The first-order chi connectivity index (χ1) is 8.69. The standard InChI is InChI=1S/C14H16O4/c1-3-4-5-9-18-14(16)12-8-6-7-11(10-12)13(15)17-2/h4-8,10H,3,9H2,1-2H3/b5-4+. The van der Waals surface area contributed by atoms with Crippen molar-refractivity contribution in [2.45, 2.75) is 13.3 Å². The molecule has 0 N–H and O–H groups in total. The zero-order valence-corrected chi connectivity index (χ0v) is 10.5. The molecule has 0 amide bonds. The fourth-order valence-electron chi connectivity index (χ4n) is 1.33. The summed E-state index contributed by atoms with van der Waals surface area (Å²) >= 11 is 0. The molecule has 0 aliphatic rings. The van der Waals surface area contributed by atoms with E-state index in [-0.39, 0.29) is 6.61 Å². The van der Waals surface area contributed by atoms with Gasteiger partial charge < -0.3 is 9.47 Å². The lowest BCUT2D eigenvalue weighted by Gasteiger charge is -2.04. The van der Waals surface area contributed by atoms with Crippen LogP contribution in [0.15, 0.2) is 36.4 Å². The van der Waals surface area contributed by atoms with Gasteiger partial charge in [0.15, 0.2) is 0 Å². The molecule has 96 valence electrons. The summed E-state index contributed by atoms with van der Waals surface area (Å²) in [6.45, 7) is 2.23. The summed E-state index contributed by atoms with van der Waals surface area (Å²) in [5.41, 5.74) is 0.666.